The molecule has 0 unspecified atom stereocenters. The molecular formula is C30H24N5S+. The van der Waals surface area contributed by atoms with Crippen molar-refractivity contribution < 1.29 is 4.80 Å². The molecule has 6 heteroatoms. The van der Waals surface area contributed by atoms with Crippen LogP contribution >= 0.6 is 11.3 Å². The number of hydrogen-bond donors (Lipinski definition) is 0. The van der Waals surface area contributed by atoms with Crippen LogP contribution in [0.4, 0.5) is 0 Å². The van der Waals surface area contributed by atoms with Gasteiger partial charge in [0, 0.05) is 15.5 Å². The smallest absolute Gasteiger partial charge is 0.0938 e. The largest absolute Gasteiger partial charge is 0.364 e. The second kappa shape index (κ2) is 9.32. The lowest BCUT2D eigenvalue weighted by Crippen LogP contribution is -2.43. The molecule has 0 spiro atoms. The van der Waals surface area contributed by atoms with E-state index in [0.717, 1.165) is 49.2 Å². The predicted octanol–water partition coefficient (Wildman–Crippen LogP) is 6.62. The first kappa shape index (κ1) is 22.1. The van der Waals surface area contributed by atoms with Crippen molar-refractivity contribution in [1.29, 1.82) is 0 Å². The molecule has 0 bridgehead atoms. The number of thiazole rings is 1. The minimum absolute atomic E-state index is 0.642. The predicted molar refractivity (Wildman–Crippen MR) is 144 cm³/mol. The first-order valence-corrected chi connectivity index (χ1v) is 12.6. The molecule has 0 aliphatic carbocycles. The standard InChI is InChI=1S/C30H24N5S/c1-21-22(2)36-30(31-21)35-33-29(27-17-9-15-25(19-27)23-11-5-3-6-12-23)32-34(35)28-18-10-16-26(20-28)24-13-7-4-8-14-24/h3-20H,1-2H3/q+1. The molecule has 174 valence electrons. The topological polar surface area (TPSA) is 47.5 Å². The summed E-state index contributed by atoms with van der Waals surface area (Å²) in [6.07, 6.45) is 0. The van der Waals surface area contributed by atoms with Gasteiger partial charge >= 0.3 is 5.13 Å². The van der Waals surface area contributed by atoms with Gasteiger partial charge in [-0.05, 0) is 75.1 Å². The number of nitrogens with zero attached hydrogens (tertiary/aromatic N) is 5. The van der Waals surface area contributed by atoms with Crippen LogP contribution in [0.2, 0.25) is 0 Å². The summed E-state index contributed by atoms with van der Waals surface area (Å²) in [6, 6.07) is 37.4. The average molecular weight is 487 g/mol. The van der Waals surface area contributed by atoms with Crippen LogP contribution in [0.25, 0.3) is 44.5 Å². The number of aromatic nitrogens is 5. The zero-order valence-electron chi connectivity index (χ0n) is 20.0. The fraction of sp³-hybridized carbons (Fsp3) is 0.0667. The van der Waals surface area contributed by atoms with Crippen LogP contribution in [0, 0.1) is 13.8 Å². The summed E-state index contributed by atoms with van der Waals surface area (Å²) in [5.41, 5.74) is 7.43. The third-order valence-electron chi connectivity index (χ3n) is 6.16. The molecule has 0 saturated carbocycles. The lowest BCUT2D eigenvalue weighted by Gasteiger charge is -2.04. The average Bonchev–Trinajstić information content (AvgIpc) is 3.53. The molecule has 0 fully saturated rings. The molecule has 6 rings (SSSR count). The summed E-state index contributed by atoms with van der Waals surface area (Å²) in [5.74, 6) is 0.642. The van der Waals surface area contributed by atoms with Crippen LogP contribution in [0.3, 0.4) is 0 Å². The van der Waals surface area contributed by atoms with Crippen molar-refractivity contribution in [2.45, 2.75) is 13.8 Å². The van der Waals surface area contributed by atoms with E-state index in [0.29, 0.717) is 5.82 Å². The Morgan fingerprint density at radius 2 is 1.22 bits per heavy atom. The van der Waals surface area contributed by atoms with Gasteiger partial charge in [-0.25, -0.2) is 0 Å². The molecule has 5 nitrogen and oxygen atoms in total. The van der Waals surface area contributed by atoms with E-state index in [4.69, 9.17) is 15.2 Å². The van der Waals surface area contributed by atoms with Gasteiger partial charge in [0.15, 0.2) is 0 Å². The fourth-order valence-corrected chi connectivity index (χ4v) is 4.99. The minimum Gasteiger partial charge on any atom is -0.0938 e. The van der Waals surface area contributed by atoms with E-state index in [-0.39, 0.29) is 0 Å². The number of rotatable bonds is 5. The van der Waals surface area contributed by atoms with Crippen molar-refractivity contribution in [2.75, 3.05) is 0 Å². The molecule has 0 radical (unpaired) electrons. The zero-order valence-corrected chi connectivity index (χ0v) is 20.9. The van der Waals surface area contributed by atoms with Gasteiger partial charge in [-0.2, -0.15) is 0 Å². The third-order valence-corrected chi connectivity index (χ3v) is 7.20. The van der Waals surface area contributed by atoms with Gasteiger partial charge < -0.3 is 0 Å². The minimum atomic E-state index is 0.642. The van der Waals surface area contributed by atoms with Crippen LogP contribution in [0.5, 0.6) is 0 Å². The number of benzene rings is 4. The normalized spacial score (nSPS) is 11.1. The van der Waals surface area contributed by atoms with E-state index in [9.17, 15) is 0 Å². The Kier molecular flexibility index (Phi) is 5.71. The fourth-order valence-electron chi connectivity index (χ4n) is 4.14. The summed E-state index contributed by atoms with van der Waals surface area (Å²) in [6.45, 7) is 4.11. The highest BCUT2D eigenvalue weighted by atomic mass is 32.1. The molecule has 0 aliphatic heterocycles. The van der Waals surface area contributed by atoms with Crippen LogP contribution in [0.15, 0.2) is 109 Å². The molecule has 0 atom stereocenters. The van der Waals surface area contributed by atoms with Gasteiger partial charge in [0.2, 0.25) is 0 Å². The van der Waals surface area contributed by atoms with Crippen molar-refractivity contribution in [3.63, 3.8) is 0 Å². The number of tetrazole rings is 1. The van der Waals surface area contributed by atoms with Gasteiger partial charge in [0.05, 0.1) is 0 Å². The van der Waals surface area contributed by atoms with E-state index >= 15 is 0 Å². The van der Waals surface area contributed by atoms with Gasteiger partial charge in [0.25, 0.3) is 5.82 Å². The van der Waals surface area contributed by atoms with E-state index < -0.39 is 0 Å². The Morgan fingerprint density at radius 3 is 1.86 bits per heavy atom. The molecule has 2 heterocycles. The van der Waals surface area contributed by atoms with E-state index in [1.54, 1.807) is 16.1 Å². The molecule has 36 heavy (non-hydrogen) atoms. The first-order valence-electron chi connectivity index (χ1n) is 11.8. The summed E-state index contributed by atoms with van der Waals surface area (Å²) in [7, 11) is 0. The quantitative estimate of drug-likeness (QED) is 0.257. The van der Waals surface area contributed by atoms with Gasteiger partial charge in [-0.3, -0.25) is 0 Å². The molecule has 4 aromatic carbocycles. The zero-order chi connectivity index (χ0) is 24.5. The molecule has 0 saturated heterocycles. The lowest BCUT2D eigenvalue weighted by atomic mass is 10.0. The van der Waals surface area contributed by atoms with Crippen molar-refractivity contribution in [1.82, 2.24) is 20.0 Å². The molecule has 0 amide bonds. The van der Waals surface area contributed by atoms with Crippen molar-refractivity contribution >= 4 is 11.3 Å². The maximum Gasteiger partial charge on any atom is 0.364 e. The maximum atomic E-state index is 4.97. The van der Waals surface area contributed by atoms with E-state index in [1.807, 2.05) is 23.9 Å². The Labute approximate surface area is 214 Å². The van der Waals surface area contributed by atoms with Crippen LogP contribution < -0.4 is 4.80 Å². The summed E-state index contributed by atoms with van der Waals surface area (Å²) in [5, 5.41) is 10.7. The second-order valence-electron chi connectivity index (χ2n) is 8.60. The van der Waals surface area contributed by atoms with Crippen LogP contribution in [-0.2, 0) is 0 Å². The van der Waals surface area contributed by atoms with Gasteiger partial charge in [0.1, 0.15) is 11.4 Å². The lowest BCUT2D eigenvalue weighted by molar-refractivity contribution is -0.734. The van der Waals surface area contributed by atoms with Crippen molar-refractivity contribution in [3.8, 4) is 44.5 Å². The molecule has 2 aromatic heterocycles. The molecule has 6 aromatic rings. The molecule has 0 aliphatic rings. The second-order valence-corrected chi connectivity index (χ2v) is 9.79. The molecule has 0 N–H and O–H groups in total. The third kappa shape index (κ3) is 4.23. The maximum absolute atomic E-state index is 4.97. The van der Waals surface area contributed by atoms with E-state index in [2.05, 4.69) is 104 Å². The summed E-state index contributed by atoms with van der Waals surface area (Å²) >= 11 is 1.61. The van der Waals surface area contributed by atoms with Crippen LogP contribution in [-0.4, -0.2) is 20.0 Å². The highest BCUT2D eigenvalue weighted by Gasteiger charge is 2.25. The van der Waals surface area contributed by atoms with Gasteiger partial charge in [-0.1, -0.05) is 101 Å². The Bertz CT molecular complexity index is 1630. The van der Waals surface area contributed by atoms with Gasteiger partial charge in [-0.15, -0.1) is 0 Å². The monoisotopic (exact) mass is 486 g/mol. The van der Waals surface area contributed by atoms with Crippen molar-refractivity contribution in [2.24, 2.45) is 0 Å². The first-order chi connectivity index (χ1) is 17.7. The van der Waals surface area contributed by atoms with Crippen molar-refractivity contribution in [3.05, 3.63) is 120 Å². The highest BCUT2D eigenvalue weighted by Crippen LogP contribution is 2.26. The number of aryl methyl sites for hydroxylation is 2. The Hall–Kier alpha value is -4.42. The van der Waals surface area contributed by atoms with Crippen LogP contribution in [0.1, 0.15) is 10.6 Å². The highest BCUT2D eigenvalue weighted by molar-refractivity contribution is 7.13. The summed E-state index contributed by atoms with van der Waals surface area (Å²) in [4.78, 5) is 9.59. The number of hydrogen-bond acceptors (Lipinski definition) is 4. The Morgan fingerprint density at radius 1 is 0.639 bits per heavy atom. The SMILES string of the molecule is Cc1nc(-[n+]2nc(-c3cccc(-c4ccccc4)c3)nn2-c2cccc(-c3ccccc3)c2)sc1C. The Balaban J connectivity index is 1.50. The molecular weight excluding hydrogens is 462 g/mol. The summed E-state index contributed by atoms with van der Waals surface area (Å²) < 4.78 is 0. The van der Waals surface area contributed by atoms with E-state index in [1.165, 1.54) is 0 Å².